The molecule has 0 amide bonds. The lowest BCUT2D eigenvalue weighted by molar-refractivity contribution is 0.381. The number of aromatic nitrogens is 3. The summed E-state index contributed by atoms with van der Waals surface area (Å²) in [5, 5.41) is 12.4. The smallest absolute Gasteiger partial charge is 0.316 e. The number of aromatic hydroxyl groups is 1. The van der Waals surface area contributed by atoms with E-state index in [1.807, 2.05) is 18.2 Å². The zero-order valence-corrected chi connectivity index (χ0v) is 19.4. The van der Waals surface area contributed by atoms with Crippen LogP contribution in [0.4, 0.5) is 10.2 Å². The average molecular weight is 477 g/mol. The molecule has 0 spiro atoms. The molecule has 176 valence electrons. The Kier molecular flexibility index (Phi) is 5.15. The van der Waals surface area contributed by atoms with E-state index in [-0.39, 0.29) is 23.4 Å². The zero-order valence-electron chi connectivity index (χ0n) is 19.4. The van der Waals surface area contributed by atoms with Gasteiger partial charge >= 0.3 is 6.01 Å². The molecule has 7 heteroatoms. The summed E-state index contributed by atoms with van der Waals surface area (Å²) in [6.45, 7) is 0.808. The van der Waals surface area contributed by atoms with Gasteiger partial charge in [-0.25, -0.2) is 14.4 Å². The van der Waals surface area contributed by atoms with Gasteiger partial charge in [-0.15, -0.1) is 6.42 Å². The van der Waals surface area contributed by atoms with Crippen LogP contribution in [-0.4, -0.2) is 33.7 Å². The summed E-state index contributed by atoms with van der Waals surface area (Å²) in [5.74, 6) is 2.70. The molecule has 1 fully saturated rings. The fourth-order valence-corrected chi connectivity index (χ4v) is 4.88. The molecular weight excluding hydrogens is 455 g/mol. The number of hydrogen-bond acceptors (Lipinski definition) is 6. The molecule has 3 aromatic carbocycles. The van der Waals surface area contributed by atoms with Crippen LogP contribution in [0.1, 0.15) is 23.6 Å². The first-order chi connectivity index (χ1) is 17.6. The highest BCUT2D eigenvalue weighted by atomic mass is 19.1. The van der Waals surface area contributed by atoms with Crippen molar-refractivity contribution in [3.63, 3.8) is 0 Å². The van der Waals surface area contributed by atoms with Crippen LogP contribution in [0.2, 0.25) is 0 Å². The minimum Gasteiger partial charge on any atom is -0.508 e. The average Bonchev–Trinajstić information content (AvgIpc) is 2.88. The van der Waals surface area contributed by atoms with E-state index in [2.05, 4.69) is 32.9 Å². The number of phenols is 1. The van der Waals surface area contributed by atoms with Gasteiger partial charge in [-0.2, -0.15) is 4.98 Å². The van der Waals surface area contributed by atoms with Gasteiger partial charge in [0.2, 0.25) is 0 Å². The molecule has 5 aromatic rings. The first-order valence-corrected chi connectivity index (χ1v) is 11.5. The Morgan fingerprint density at radius 3 is 2.67 bits per heavy atom. The van der Waals surface area contributed by atoms with Crippen molar-refractivity contribution in [2.45, 2.75) is 12.5 Å². The number of halogens is 1. The number of ether oxygens (including phenoxy) is 1. The van der Waals surface area contributed by atoms with E-state index in [0.29, 0.717) is 33.4 Å². The number of rotatable bonds is 4. The number of anilines is 1. The molecule has 1 unspecified atom stereocenters. The van der Waals surface area contributed by atoms with Crippen molar-refractivity contribution < 1.29 is 14.2 Å². The van der Waals surface area contributed by atoms with Crippen molar-refractivity contribution in [1.82, 2.24) is 15.0 Å². The Bertz CT molecular complexity index is 1680. The van der Waals surface area contributed by atoms with Gasteiger partial charge in [-0.1, -0.05) is 42.3 Å². The first kappa shape index (κ1) is 21.8. The largest absolute Gasteiger partial charge is 0.508 e. The number of nitrogens with zero attached hydrogens (tertiary/aromatic N) is 4. The highest BCUT2D eigenvalue weighted by Gasteiger charge is 2.32. The van der Waals surface area contributed by atoms with E-state index in [1.54, 1.807) is 30.5 Å². The third-order valence-corrected chi connectivity index (χ3v) is 6.67. The summed E-state index contributed by atoms with van der Waals surface area (Å²) in [4.78, 5) is 16.1. The molecular formula is C29H21FN4O2. The van der Waals surface area contributed by atoms with E-state index in [1.165, 1.54) is 18.7 Å². The standard InChI is InChI=1S/C29H21FN4O2/c1-3-20-23(30)10-9-18-13-19(35)14-21(27(18)20)24-15-25-22(16-31-29(33-25)36-2)28(32-24)34-12-11-26(34)17-7-5-4-6-8-17/h1,4-10,13-16,26,35H,11-12H2,2H3. The van der Waals surface area contributed by atoms with Crippen LogP contribution in [0.3, 0.4) is 0 Å². The van der Waals surface area contributed by atoms with E-state index >= 15 is 0 Å². The topological polar surface area (TPSA) is 71.4 Å². The van der Waals surface area contributed by atoms with Crippen LogP contribution >= 0.6 is 0 Å². The minimum atomic E-state index is -0.506. The number of terminal acetylenes is 1. The van der Waals surface area contributed by atoms with Gasteiger partial charge in [0.1, 0.15) is 17.4 Å². The molecule has 6 nitrogen and oxygen atoms in total. The quantitative estimate of drug-likeness (QED) is 0.339. The Hall–Kier alpha value is -4.70. The van der Waals surface area contributed by atoms with Crippen LogP contribution < -0.4 is 9.64 Å². The summed E-state index contributed by atoms with van der Waals surface area (Å²) in [6.07, 6.45) is 8.39. The Labute approximate surface area is 207 Å². The van der Waals surface area contributed by atoms with E-state index < -0.39 is 5.82 Å². The molecule has 3 heterocycles. The van der Waals surface area contributed by atoms with Crippen molar-refractivity contribution in [2.24, 2.45) is 0 Å². The van der Waals surface area contributed by atoms with Gasteiger partial charge in [0.25, 0.3) is 0 Å². The van der Waals surface area contributed by atoms with E-state index in [9.17, 15) is 9.50 Å². The maximum atomic E-state index is 14.7. The maximum absolute atomic E-state index is 14.7. The fraction of sp³-hybridized carbons (Fsp3) is 0.138. The molecule has 0 bridgehead atoms. The normalized spacial score (nSPS) is 15.0. The molecule has 0 aliphatic carbocycles. The van der Waals surface area contributed by atoms with Gasteiger partial charge < -0.3 is 14.7 Å². The molecule has 1 aliphatic heterocycles. The molecule has 1 atom stereocenters. The predicted molar refractivity (Wildman–Crippen MR) is 138 cm³/mol. The van der Waals surface area contributed by atoms with Crippen molar-refractivity contribution in [2.75, 3.05) is 18.6 Å². The number of benzene rings is 3. The number of pyridine rings is 1. The second-order valence-electron chi connectivity index (χ2n) is 8.69. The van der Waals surface area contributed by atoms with Gasteiger partial charge in [0.05, 0.1) is 35.3 Å². The third-order valence-electron chi connectivity index (χ3n) is 6.67. The Morgan fingerprint density at radius 2 is 1.94 bits per heavy atom. The van der Waals surface area contributed by atoms with Crippen LogP contribution in [0.15, 0.2) is 66.9 Å². The van der Waals surface area contributed by atoms with Crippen molar-refractivity contribution in [3.8, 4) is 35.4 Å². The maximum Gasteiger partial charge on any atom is 0.316 e. The van der Waals surface area contributed by atoms with Gasteiger partial charge in [0, 0.05) is 23.7 Å². The van der Waals surface area contributed by atoms with E-state index in [0.717, 1.165) is 18.4 Å². The van der Waals surface area contributed by atoms with Gasteiger partial charge in [0.15, 0.2) is 0 Å². The predicted octanol–water partition coefficient (Wildman–Crippen LogP) is 5.63. The Morgan fingerprint density at radius 1 is 1.11 bits per heavy atom. The second-order valence-corrected chi connectivity index (χ2v) is 8.69. The summed E-state index contributed by atoms with van der Waals surface area (Å²) in [6, 6.07) is 18.5. The minimum absolute atomic E-state index is 0.0295. The summed E-state index contributed by atoms with van der Waals surface area (Å²) < 4.78 is 20.0. The van der Waals surface area contributed by atoms with Crippen molar-refractivity contribution in [1.29, 1.82) is 0 Å². The van der Waals surface area contributed by atoms with Crippen molar-refractivity contribution >= 4 is 27.5 Å². The summed E-state index contributed by atoms with van der Waals surface area (Å²) >= 11 is 0. The molecule has 6 rings (SSSR count). The highest BCUT2D eigenvalue weighted by Crippen LogP contribution is 2.42. The van der Waals surface area contributed by atoms with Crippen LogP contribution in [-0.2, 0) is 0 Å². The lowest BCUT2D eigenvalue weighted by atomic mass is 9.93. The first-order valence-electron chi connectivity index (χ1n) is 11.5. The summed E-state index contributed by atoms with van der Waals surface area (Å²) in [7, 11) is 1.51. The van der Waals surface area contributed by atoms with Crippen LogP contribution in [0.5, 0.6) is 11.8 Å². The SMILES string of the molecule is C#Cc1c(F)ccc2cc(O)cc(-c3cc4nc(OC)ncc4c(N4CCC4c4ccccc4)n3)c12. The molecule has 1 saturated heterocycles. The lowest BCUT2D eigenvalue weighted by Gasteiger charge is -2.43. The molecule has 2 aromatic heterocycles. The zero-order chi connectivity index (χ0) is 24.8. The fourth-order valence-electron chi connectivity index (χ4n) is 4.88. The molecule has 1 N–H and O–H groups in total. The van der Waals surface area contributed by atoms with Gasteiger partial charge in [-0.05, 0) is 41.6 Å². The lowest BCUT2D eigenvalue weighted by Crippen LogP contribution is -2.41. The van der Waals surface area contributed by atoms with Crippen LogP contribution in [0.25, 0.3) is 32.9 Å². The second kappa shape index (κ2) is 8.51. The van der Waals surface area contributed by atoms with E-state index in [4.69, 9.17) is 16.1 Å². The highest BCUT2D eigenvalue weighted by molar-refractivity contribution is 6.03. The number of methoxy groups -OCH3 is 1. The number of phenolic OH excluding ortho intramolecular Hbond substituents is 1. The molecule has 0 radical (unpaired) electrons. The number of fused-ring (bicyclic) bond motifs is 2. The summed E-state index contributed by atoms with van der Waals surface area (Å²) in [5.41, 5.74) is 2.97. The van der Waals surface area contributed by atoms with Crippen LogP contribution in [0, 0.1) is 18.2 Å². The molecule has 1 aliphatic rings. The van der Waals surface area contributed by atoms with Gasteiger partial charge in [-0.3, -0.25) is 0 Å². The third kappa shape index (κ3) is 3.46. The monoisotopic (exact) mass is 476 g/mol. The Balaban J connectivity index is 1.62. The molecule has 36 heavy (non-hydrogen) atoms. The molecule has 0 saturated carbocycles. The number of hydrogen-bond donors (Lipinski definition) is 1. The van der Waals surface area contributed by atoms with Crippen molar-refractivity contribution in [3.05, 3.63) is 83.8 Å².